The molecule has 7 nitrogen and oxygen atoms in total. The molecule has 24 heavy (non-hydrogen) atoms. The zero-order valence-corrected chi connectivity index (χ0v) is 13.6. The van der Waals surface area contributed by atoms with E-state index in [2.05, 4.69) is 0 Å². The molecule has 130 valence electrons. The van der Waals surface area contributed by atoms with Crippen LogP contribution in [-0.4, -0.2) is 30.2 Å². The number of hydrogen-bond donors (Lipinski definition) is 6. The maximum Gasteiger partial charge on any atom is 0.356 e. The van der Waals surface area contributed by atoms with Crippen LogP contribution in [0, 0.1) is 0 Å². The molecule has 0 amide bonds. The molecule has 2 aromatic carbocycles. The van der Waals surface area contributed by atoms with Gasteiger partial charge in [0.05, 0.1) is 10.9 Å². The van der Waals surface area contributed by atoms with Crippen LogP contribution >= 0.6 is 7.60 Å². The average molecular weight is 354 g/mol. The normalized spacial score (nSPS) is 12.3. The average Bonchev–Trinajstić information content (AvgIpc) is 2.45. The van der Waals surface area contributed by atoms with Crippen LogP contribution in [-0.2, 0) is 16.8 Å². The first kappa shape index (κ1) is 18.4. The van der Waals surface area contributed by atoms with Gasteiger partial charge < -0.3 is 30.2 Å². The van der Waals surface area contributed by atoms with E-state index >= 15 is 0 Å². The van der Waals surface area contributed by atoms with E-state index in [1.807, 2.05) is 0 Å². The lowest BCUT2D eigenvalue weighted by molar-refractivity contribution is -0.175. The van der Waals surface area contributed by atoms with E-state index in [1.165, 1.54) is 18.2 Å². The summed E-state index contributed by atoms with van der Waals surface area (Å²) in [5, 5.41) is 39.1. The summed E-state index contributed by atoms with van der Waals surface area (Å²) in [5.74, 6) is -3.10. The Hall–Kier alpha value is -1.89. The molecule has 0 spiro atoms. The second kappa shape index (κ2) is 6.93. The molecule has 0 radical (unpaired) electrons. The highest BCUT2D eigenvalue weighted by Crippen LogP contribution is 2.41. The van der Waals surface area contributed by atoms with E-state index in [-0.39, 0.29) is 18.6 Å². The van der Waals surface area contributed by atoms with Gasteiger partial charge in [-0.2, -0.15) is 0 Å². The van der Waals surface area contributed by atoms with E-state index in [0.717, 1.165) is 17.7 Å². The second-order valence-corrected chi connectivity index (χ2v) is 7.13. The zero-order valence-electron chi connectivity index (χ0n) is 12.7. The fourth-order valence-corrected chi connectivity index (χ4v) is 3.42. The lowest BCUT2D eigenvalue weighted by Crippen LogP contribution is -2.31. The number of rotatable bonds is 6. The number of aromatic hydroxyl groups is 2. The number of phenolic OH excluding ortho intramolecular Hbond substituents is 2. The summed E-state index contributed by atoms with van der Waals surface area (Å²) in [6.45, 7) is 0. The second-order valence-electron chi connectivity index (χ2n) is 5.56. The van der Waals surface area contributed by atoms with E-state index in [4.69, 9.17) is 0 Å². The Morgan fingerprint density at radius 3 is 2.29 bits per heavy atom. The Labute approximate surface area is 138 Å². The van der Waals surface area contributed by atoms with Crippen molar-refractivity contribution in [2.75, 3.05) is 0 Å². The standard InChI is InChI=1S/C16H19O7P/c17-12-6-1-4-11(10-12)5-3-9-16(19,20)15-13(18)7-2-8-14(15)24(21,22)23/h1-2,4,6-8,10,17-20H,3,5,9H2,(H2,21,22,23). The Kier molecular flexibility index (Phi) is 5.32. The van der Waals surface area contributed by atoms with Crippen LogP contribution in [0.2, 0.25) is 0 Å². The first-order valence-electron chi connectivity index (χ1n) is 7.22. The van der Waals surface area contributed by atoms with E-state index in [9.17, 15) is 34.8 Å². The first-order chi connectivity index (χ1) is 11.1. The highest BCUT2D eigenvalue weighted by molar-refractivity contribution is 7.60. The first-order valence-corrected chi connectivity index (χ1v) is 8.84. The highest BCUT2D eigenvalue weighted by Gasteiger charge is 2.36. The molecule has 0 aliphatic heterocycles. The van der Waals surface area contributed by atoms with Crippen molar-refractivity contribution < 1.29 is 34.8 Å². The third-order valence-electron chi connectivity index (χ3n) is 3.64. The van der Waals surface area contributed by atoms with Gasteiger partial charge in [0.2, 0.25) is 0 Å². The Bertz CT molecular complexity index is 767. The van der Waals surface area contributed by atoms with Crippen molar-refractivity contribution in [3.05, 3.63) is 53.6 Å². The number of hydrogen-bond acceptors (Lipinski definition) is 5. The maximum atomic E-state index is 11.5. The molecule has 0 unspecified atom stereocenters. The molecule has 0 heterocycles. The molecule has 0 fully saturated rings. The molecule has 6 N–H and O–H groups in total. The molecule has 2 aromatic rings. The van der Waals surface area contributed by atoms with Crippen LogP contribution < -0.4 is 5.30 Å². The predicted molar refractivity (Wildman–Crippen MR) is 86.9 cm³/mol. The van der Waals surface area contributed by atoms with Gasteiger partial charge in [0.25, 0.3) is 0 Å². The van der Waals surface area contributed by atoms with Gasteiger partial charge in [0.15, 0.2) is 5.79 Å². The summed E-state index contributed by atoms with van der Waals surface area (Å²) in [6, 6.07) is 9.87. The smallest absolute Gasteiger partial charge is 0.356 e. The number of benzene rings is 2. The minimum atomic E-state index is -4.79. The van der Waals surface area contributed by atoms with Crippen LogP contribution in [0.3, 0.4) is 0 Å². The molecule has 0 atom stereocenters. The molecular formula is C16H19O7P. The van der Waals surface area contributed by atoms with E-state index in [0.29, 0.717) is 6.42 Å². The molecule has 0 aliphatic rings. The third kappa shape index (κ3) is 4.35. The molecule has 8 heteroatoms. The Balaban J connectivity index is 2.20. The Morgan fingerprint density at radius 2 is 1.67 bits per heavy atom. The van der Waals surface area contributed by atoms with Gasteiger partial charge in [-0.15, -0.1) is 0 Å². The van der Waals surface area contributed by atoms with Gasteiger partial charge in [-0.25, -0.2) is 0 Å². The topological polar surface area (TPSA) is 138 Å². The van der Waals surface area contributed by atoms with Gasteiger partial charge in [-0.05, 0) is 42.7 Å². The van der Waals surface area contributed by atoms with Gasteiger partial charge in [-0.3, -0.25) is 4.57 Å². The highest BCUT2D eigenvalue weighted by atomic mass is 31.2. The number of aryl methyl sites for hydroxylation is 1. The minimum absolute atomic E-state index is 0.0937. The van der Waals surface area contributed by atoms with Gasteiger partial charge in [0, 0.05) is 6.42 Å². The summed E-state index contributed by atoms with van der Waals surface area (Å²) in [5.41, 5.74) is 0.188. The summed E-state index contributed by atoms with van der Waals surface area (Å²) in [4.78, 5) is 18.7. The monoisotopic (exact) mass is 354 g/mol. The van der Waals surface area contributed by atoms with Gasteiger partial charge >= 0.3 is 7.60 Å². The molecule has 0 aromatic heterocycles. The number of phenols is 2. The van der Waals surface area contributed by atoms with Crippen molar-refractivity contribution in [2.45, 2.75) is 25.0 Å². The van der Waals surface area contributed by atoms with Crippen molar-refractivity contribution in [3.8, 4) is 11.5 Å². The molecule has 0 bridgehead atoms. The van der Waals surface area contributed by atoms with Crippen LogP contribution in [0.5, 0.6) is 11.5 Å². The third-order valence-corrected chi connectivity index (χ3v) is 4.64. The van der Waals surface area contributed by atoms with E-state index < -0.39 is 30.0 Å². The largest absolute Gasteiger partial charge is 0.508 e. The molecule has 0 saturated carbocycles. The van der Waals surface area contributed by atoms with Crippen molar-refractivity contribution >= 4 is 12.9 Å². The lowest BCUT2D eigenvalue weighted by Gasteiger charge is -2.26. The fourth-order valence-electron chi connectivity index (χ4n) is 2.56. The molecule has 0 aliphatic carbocycles. The quantitative estimate of drug-likeness (QED) is 0.337. The molecule has 0 saturated heterocycles. The van der Waals surface area contributed by atoms with Crippen LogP contribution in [0.15, 0.2) is 42.5 Å². The van der Waals surface area contributed by atoms with Gasteiger partial charge in [0.1, 0.15) is 11.5 Å². The number of aliphatic hydroxyl groups is 2. The predicted octanol–water partition coefficient (Wildman–Crippen LogP) is 1.06. The van der Waals surface area contributed by atoms with E-state index in [1.54, 1.807) is 12.1 Å². The molecule has 2 rings (SSSR count). The SMILES string of the molecule is O=P(O)(O)c1cccc(O)c1C(O)(O)CCCc1cccc(O)c1. The molecular weight excluding hydrogens is 335 g/mol. The van der Waals surface area contributed by atoms with Crippen LogP contribution in [0.1, 0.15) is 24.0 Å². The lowest BCUT2D eigenvalue weighted by atomic mass is 9.97. The van der Waals surface area contributed by atoms with Crippen molar-refractivity contribution in [2.24, 2.45) is 0 Å². The minimum Gasteiger partial charge on any atom is -0.508 e. The summed E-state index contributed by atoms with van der Waals surface area (Å²) in [6.07, 6.45) is 0.411. The fraction of sp³-hybridized carbons (Fsp3) is 0.250. The summed E-state index contributed by atoms with van der Waals surface area (Å²) in [7, 11) is -4.79. The van der Waals surface area contributed by atoms with Gasteiger partial charge in [-0.1, -0.05) is 18.2 Å². The summed E-state index contributed by atoms with van der Waals surface area (Å²) < 4.78 is 11.5. The Morgan fingerprint density at radius 1 is 1.00 bits per heavy atom. The summed E-state index contributed by atoms with van der Waals surface area (Å²) >= 11 is 0. The van der Waals surface area contributed by atoms with Crippen molar-refractivity contribution in [3.63, 3.8) is 0 Å². The van der Waals surface area contributed by atoms with Crippen molar-refractivity contribution in [1.82, 2.24) is 0 Å². The zero-order chi connectivity index (χ0) is 18.0. The van der Waals surface area contributed by atoms with Crippen molar-refractivity contribution in [1.29, 1.82) is 0 Å². The van der Waals surface area contributed by atoms with Crippen LogP contribution in [0.4, 0.5) is 0 Å². The van der Waals surface area contributed by atoms with Crippen LogP contribution in [0.25, 0.3) is 0 Å². The maximum absolute atomic E-state index is 11.5.